The standard InChI is InChI=1S/C20H22BrFN2O3/c1-3-27-16-7-4-14(5-8-16)13(2)24-19(25)10-11-23-20(26)17-12-15(22)6-9-18(17)21/h4-9,12-13H,3,10-11H2,1-2H3,(H,23,26)(H,24,25). The van der Waals surface area contributed by atoms with Crippen molar-refractivity contribution in [3.05, 3.63) is 63.9 Å². The van der Waals surface area contributed by atoms with Crippen molar-refractivity contribution < 1.29 is 18.7 Å². The molecular weight excluding hydrogens is 415 g/mol. The van der Waals surface area contributed by atoms with Crippen LogP contribution in [0.2, 0.25) is 0 Å². The highest BCUT2D eigenvalue weighted by Crippen LogP contribution is 2.18. The maximum absolute atomic E-state index is 13.3. The third-order valence-corrected chi connectivity index (χ3v) is 4.57. The third-order valence-electron chi connectivity index (χ3n) is 3.88. The van der Waals surface area contributed by atoms with Gasteiger partial charge in [-0.25, -0.2) is 4.39 Å². The molecule has 0 saturated heterocycles. The van der Waals surface area contributed by atoms with E-state index in [0.717, 1.165) is 17.4 Å². The van der Waals surface area contributed by atoms with E-state index in [-0.39, 0.29) is 30.5 Å². The van der Waals surface area contributed by atoms with Crippen LogP contribution in [-0.4, -0.2) is 25.0 Å². The number of amides is 2. The number of nitrogens with one attached hydrogen (secondary N) is 2. The lowest BCUT2D eigenvalue weighted by molar-refractivity contribution is -0.121. The van der Waals surface area contributed by atoms with Crippen LogP contribution in [0.4, 0.5) is 4.39 Å². The highest BCUT2D eigenvalue weighted by Gasteiger charge is 2.13. The summed E-state index contributed by atoms with van der Waals surface area (Å²) in [7, 11) is 0. The molecule has 1 unspecified atom stereocenters. The van der Waals surface area contributed by atoms with Gasteiger partial charge in [0, 0.05) is 17.4 Å². The summed E-state index contributed by atoms with van der Waals surface area (Å²) in [6.45, 7) is 4.56. The Morgan fingerprint density at radius 1 is 1.19 bits per heavy atom. The molecular formula is C20H22BrFN2O3. The van der Waals surface area contributed by atoms with Crippen molar-refractivity contribution in [3.8, 4) is 5.75 Å². The number of benzene rings is 2. The summed E-state index contributed by atoms with van der Waals surface area (Å²) in [4.78, 5) is 24.2. The summed E-state index contributed by atoms with van der Waals surface area (Å²) in [5, 5.41) is 5.50. The van der Waals surface area contributed by atoms with Crippen molar-refractivity contribution in [2.24, 2.45) is 0 Å². The Balaban J connectivity index is 1.80. The molecule has 0 fully saturated rings. The van der Waals surface area contributed by atoms with E-state index in [1.807, 2.05) is 38.1 Å². The molecule has 5 nitrogen and oxygen atoms in total. The highest BCUT2D eigenvalue weighted by molar-refractivity contribution is 9.10. The fourth-order valence-corrected chi connectivity index (χ4v) is 2.90. The smallest absolute Gasteiger partial charge is 0.252 e. The van der Waals surface area contributed by atoms with Crippen LogP contribution in [0, 0.1) is 5.82 Å². The Labute approximate surface area is 166 Å². The number of hydrogen-bond acceptors (Lipinski definition) is 3. The maximum atomic E-state index is 13.3. The van der Waals surface area contributed by atoms with Crippen molar-refractivity contribution >= 4 is 27.7 Å². The van der Waals surface area contributed by atoms with Crippen LogP contribution in [0.1, 0.15) is 42.2 Å². The van der Waals surface area contributed by atoms with Gasteiger partial charge in [-0.3, -0.25) is 9.59 Å². The van der Waals surface area contributed by atoms with Gasteiger partial charge >= 0.3 is 0 Å². The molecule has 2 rings (SSSR count). The van der Waals surface area contributed by atoms with Crippen molar-refractivity contribution in [1.29, 1.82) is 0 Å². The molecule has 0 heterocycles. The normalized spacial score (nSPS) is 11.6. The van der Waals surface area contributed by atoms with Crippen LogP contribution in [-0.2, 0) is 4.79 Å². The van der Waals surface area contributed by atoms with Crippen molar-refractivity contribution in [2.75, 3.05) is 13.2 Å². The molecule has 0 saturated carbocycles. The van der Waals surface area contributed by atoms with Crippen LogP contribution < -0.4 is 15.4 Å². The van der Waals surface area contributed by atoms with E-state index in [4.69, 9.17) is 4.74 Å². The van der Waals surface area contributed by atoms with E-state index in [9.17, 15) is 14.0 Å². The SMILES string of the molecule is CCOc1ccc(C(C)NC(=O)CCNC(=O)c2cc(F)ccc2Br)cc1. The Morgan fingerprint density at radius 2 is 1.89 bits per heavy atom. The molecule has 0 aromatic heterocycles. The van der Waals surface area contributed by atoms with Crippen LogP contribution in [0.3, 0.4) is 0 Å². The van der Waals surface area contributed by atoms with E-state index in [1.54, 1.807) is 0 Å². The van der Waals surface area contributed by atoms with Crippen molar-refractivity contribution in [2.45, 2.75) is 26.3 Å². The van der Waals surface area contributed by atoms with Gasteiger partial charge in [0.05, 0.1) is 18.2 Å². The third kappa shape index (κ3) is 6.36. The molecule has 144 valence electrons. The van der Waals surface area contributed by atoms with Gasteiger partial charge in [0.15, 0.2) is 0 Å². The molecule has 0 radical (unpaired) electrons. The number of rotatable bonds is 8. The van der Waals surface area contributed by atoms with Crippen molar-refractivity contribution in [1.82, 2.24) is 10.6 Å². The summed E-state index contributed by atoms with van der Waals surface area (Å²) in [5.74, 6) is -0.333. The summed E-state index contributed by atoms with van der Waals surface area (Å²) in [6, 6.07) is 11.2. The molecule has 1 atom stereocenters. The molecule has 0 aliphatic rings. The fraction of sp³-hybridized carbons (Fsp3) is 0.300. The molecule has 0 bridgehead atoms. The first-order valence-electron chi connectivity index (χ1n) is 8.66. The molecule has 2 aromatic carbocycles. The average molecular weight is 437 g/mol. The Kier molecular flexibility index (Phi) is 7.79. The summed E-state index contributed by atoms with van der Waals surface area (Å²) < 4.78 is 19.1. The van der Waals surface area contributed by atoms with Crippen LogP contribution >= 0.6 is 15.9 Å². The zero-order valence-corrected chi connectivity index (χ0v) is 16.8. The highest BCUT2D eigenvalue weighted by atomic mass is 79.9. The average Bonchev–Trinajstić information content (AvgIpc) is 2.64. The minimum Gasteiger partial charge on any atom is -0.494 e. The fourth-order valence-electron chi connectivity index (χ4n) is 2.47. The lowest BCUT2D eigenvalue weighted by Crippen LogP contribution is -2.32. The van der Waals surface area contributed by atoms with Crippen LogP contribution in [0.15, 0.2) is 46.9 Å². The Hall–Kier alpha value is -2.41. The maximum Gasteiger partial charge on any atom is 0.252 e. The van der Waals surface area contributed by atoms with Crippen LogP contribution in [0.5, 0.6) is 5.75 Å². The van der Waals surface area contributed by atoms with Gasteiger partial charge in [-0.1, -0.05) is 12.1 Å². The second kappa shape index (κ2) is 10.1. The number of halogens is 2. The number of ether oxygens (including phenoxy) is 1. The van der Waals surface area contributed by atoms with Crippen LogP contribution in [0.25, 0.3) is 0 Å². The second-order valence-corrected chi connectivity index (χ2v) is 6.78. The quantitative estimate of drug-likeness (QED) is 0.657. The van der Waals surface area contributed by atoms with E-state index in [2.05, 4.69) is 26.6 Å². The second-order valence-electron chi connectivity index (χ2n) is 5.92. The van der Waals surface area contributed by atoms with E-state index in [1.165, 1.54) is 12.1 Å². The monoisotopic (exact) mass is 436 g/mol. The van der Waals surface area contributed by atoms with E-state index < -0.39 is 11.7 Å². The van der Waals surface area contributed by atoms with Gasteiger partial charge in [0.1, 0.15) is 11.6 Å². The molecule has 2 amide bonds. The molecule has 7 heteroatoms. The molecule has 2 aromatic rings. The molecule has 27 heavy (non-hydrogen) atoms. The number of carbonyl (C=O) groups is 2. The van der Waals surface area contributed by atoms with Gasteiger partial charge in [-0.05, 0) is 65.7 Å². The Morgan fingerprint density at radius 3 is 2.56 bits per heavy atom. The van der Waals surface area contributed by atoms with Gasteiger partial charge in [-0.15, -0.1) is 0 Å². The van der Waals surface area contributed by atoms with Gasteiger partial charge in [0.2, 0.25) is 5.91 Å². The van der Waals surface area contributed by atoms with Gasteiger partial charge in [0.25, 0.3) is 5.91 Å². The van der Waals surface area contributed by atoms with Gasteiger partial charge < -0.3 is 15.4 Å². The van der Waals surface area contributed by atoms with Gasteiger partial charge in [-0.2, -0.15) is 0 Å². The van der Waals surface area contributed by atoms with E-state index in [0.29, 0.717) is 11.1 Å². The molecule has 2 N–H and O–H groups in total. The molecule has 0 spiro atoms. The first-order chi connectivity index (χ1) is 12.9. The lowest BCUT2D eigenvalue weighted by Gasteiger charge is -2.15. The summed E-state index contributed by atoms with van der Waals surface area (Å²) in [5.41, 5.74) is 1.15. The first kappa shape index (κ1) is 20.9. The largest absolute Gasteiger partial charge is 0.494 e. The number of carbonyl (C=O) groups excluding carboxylic acids is 2. The first-order valence-corrected chi connectivity index (χ1v) is 9.45. The number of hydrogen-bond donors (Lipinski definition) is 2. The minimum absolute atomic E-state index is 0.125. The zero-order chi connectivity index (χ0) is 19.8. The summed E-state index contributed by atoms with van der Waals surface area (Å²) >= 11 is 3.21. The van der Waals surface area contributed by atoms with Crippen molar-refractivity contribution in [3.63, 3.8) is 0 Å². The zero-order valence-electron chi connectivity index (χ0n) is 15.2. The van der Waals surface area contributed by atoms with E-state index >= 15 is 0 Å². The Bertz CT molecular complexity index is 796. The predicted molar refractivity (Wildman–Crippen MR) is 105 cm³/mol. The molecule has 0 aliphatic carbocycles. The predicted octanol–water partition coefficient (Wildman–Crippen LogP) is 3.98. The molecule has 0 aliphatic heterocycles. The minimum atomic E-state index is -0.495. The summed E-state index contributed by atoms with van der Waals surface area (Å²) in [6.07, 6.45) is 0.125. The lowest BCUT2D eigenvalue weighted by atomic mass is 10.1. The topological polar surface area (TPSA) is 67.4 Å².